The highest BCUT2D eigenvalue weighted by Gasteiger charge is 2.07. The van der Waals surface area contributed by atoms with Gasteiger partial charge >= 0.3 is 5.97 Å². The zero-order chi connectivity index (χ0) is 13.4. The van der Waals surface area contributed by atoms with Crippen LogP contribution in [0.5, 0.6) is 5.75 Å². The van der Waals surface area contributed by atoms with Crippen molar-refractivity contribution in [3.8, 4) is 11.4 Å². The molecule has 2 aromatic carbocycles. The van der Waals surface area contributed by atoms with E-state index in [9.17, 15) is 9.90 Å². The summed E-state index contributed by atoms with van der Waals surface area (Å²) >= 11 is 0. The van der Waals surface area contributed by atoms with Gasteiger partial charge in [0.05, 0.1) is 17.4 Å². The molecule has 5 nitrogen and oxygen atoms in total. The summed E-state index contributed by atoms with van der Waals surface area (Å²) in [6, 6.07) is 10.6. The first-order chi connectivity index (χ1) is 9.13. The van der Waals surface area contributed by atoms with Crippen LogP contribution in [0.1, 0.15) is 10.4 Å². The van der Waals surface area contributed by atoms with E-state index in [2.05, 4.69) is 5.10 Å². The molecule has 0 unspecified atom stereocenters. The monoisotopic (exact) mass is 254 g/mol. The van der Waals surface area contributed by atoms with Crippen molar-refractivity contribution in [1.82, 2.24) is 9.78 Å². The predicted molar refractivity (Wildman–Crippen MR) is 69.7 cm³/mol. The van der Waals surface area contributed by atoms with Crippen molar-refractivity contribution in [1.29, 1.82) is 0 Å². The molecule has 0 aliphatic rings. The number of nitrogens with zero attached hydrogens (tertiary/aromatic N) is 2. The summed E-state index contributed by atoms with van der Waals surface area (Å²) in [5, 5.41) is 24.1. The van der Waals surface area contributed by atoms with Crippen LogP contribution in [0.3, 0.4) is 0 Å². The number of fused-ring (bicyclic) bond motifs is 1. The molecule has 0 aliphatic carbocycles. The number of aromatic nitrogens is 2. The Kier molecular flexibility index (Phi) is 2.45. The minimum atomic E-state index is -1.00. The number of carboxylic acid groups (broad SMARTS) is 1. The third-order valence-electron chi connectivity index (χ3n) is 2.90. The number of aromatic hydroxyl groups is 1. The molecule has 1 aromatic heterocycles. The third-order valence-corrected chi connectivity index (χ3v) is 2.90. The first-order valence-electron chi connectivity index (χ1n) is 5.64. The van der Waals surface area contributed by atoms with Gasteiger partial charge in [0.25, 0.3) is 0 Å². The van der Waals surface area contributed by atoms with Gasteiger partial charge in [0.1, 0.15) is 5.75 Å². The van der Waals surface area contributed by atoms with Gasteiger partial charge in [0.2, 0.25) is 0 Å². The van der Waals surface area contributed by atoms with Crippen LogP contribution in [0, 0.1) is 0 Å². The molecular formula is C14H10N2O3. The van der Waals surface area contributed by atoms with E-state index < -0.39 is 5.97 Å². The summed E-state index contributed by atoms with van der Waals surface area (Å²) in [6.45, 7) is 0. The summed E-state index contributed by atoms with van der Waals surface area (Å²) in [5.74, 6) is -0.788. The highest BCUT2D eigenvalue weighted by Crippen LogP contribution is 2.22. The second-order valence-electron chi connectivity index (χ2n) is 4.19. The highest BCUT2D eigenvalue weighted by molar-refractivity contribution is 5.87. The number of aromatic carboxylic acids is 1. The molecule has 0 fully saturated rings. The van der Waals surface area contributed by atoms with Crippen LogP contribution in [0.25, 0.3) is 16.5 Å². The van der Waals surface area contributed by atoms with Crippen molar-refractivity contribution in [2.45, 2.75) is 0 Å². The van der Waals surface area contributed by atoms with Crippen LogP contribution in [-0.2, 0) is 0 Å². The van der Waals surface area contributed by atoms with Gasteiger partial charge < -0.3 is 10.2 Å². The summed E-state index contributed by atoms with van der Waals surface area (Å²) in [7, 11) is 0. The molecule has 1 heterocycles. The van der Waals surface area contributed by atoms with Crippen molar-refractivity contribution >= 4 is 16.7 Å². The Bertz CT molecular complexity index is 777. The molecule has 0 saturated heterocycles. The maximum absolute atomic E-state index is 10.8. The fourth-order valence-corrected chi connectivity index (χ4v) is 1.94. The van der Waals surface area contributed by atoms with Crippen LogP contribution in [0.2, 0.25) is 0 Å². The van der Waals surface area contributed by atoms with Gasteiger partial charge in [0, 0.05) is 6.20 Å². The van der Waals surface area contributed by atoms with Gasteiger partial charge in [-0.3, -0.25) is 0 Å². The number of phenolic OH excluding ortho intramolecular Hbond substituents is 1. The van der Waals surface area contributed by atoms with E-state index in [0.29, 0.717) is 0 Å². The summed E-state index contributed by atoms with van der Waals surface area (Å²) in [5.41, 5.74) is 0.913. The summed E-state index contributed by atoms with van der Waals surface area (Å²) in [4.78, 5) is 10.8. The number of hydrogen-bond donors (Lipinski definition) is 2. The van der Waals surface area contributed by atoms with Crippen LogP contribution in [0.4, 0.5) is 0 Å². The summed E-state index contributed by atoms with van der Waals surface area (Å²) in [6.07, 6.45) is 2.77. The fraction of sp³-hybridized carbons (Fsp3) is 0. The van der Waals surface area contributed by atoms with Crippen LogP contribution in [0.15, 0.2) is 48.8 Å². The van der Waals surface area contributed by atoms with Crippen molar-refractivity contribution in [3.63, 3.8) is 0 Å². The summed E-state index contributed by atoms with van der Waals surface area (Å²) < 4.78 is 1.51. The lowest BCUT2D eigenvalue weighted by Crippen LogP contribution is -1.95. The number of carbonyl (C=O) groups is 1. The van der Waals surface area contributed by atoms with Gasteiger partial charge in [-0.05, 0) is 35.0 Å². The fourth-order valence-electron chi connectivity index (χ4n) is 1.94. The van der Waals surface area contributed by atoms with Gasteiger partial charge in [0.15, 0.2) is 0 Å². The maximum Gasteiger partial charge on any atom is 0.338 e. The lowest BCUT2D eigenvalue weighted by atomic mass is 10.1. The Morgan fingerprint density at radius 1 is 1.11 bits per heavy atom. The van der Waals surface area contributed by atoms with E-state index in [1.54, 1.807) is 18.2 Å². The Hall–Kier alpha value is -2.82. The van der Waals surface area contributed by atoms with Crippen molar-refractivity contribution in [2.24, 2.45) is 0 Å². The van der Waals surface area contributed by atoms with E-state index in [-0.39, 0.29) is 11.3 Å². The Labute approximate surface area is 108 Å². The highest BCUT2D eigenvalue weighted by atomic mass is 16.4. The first kappa shape index (κ1) is 11.3. The van der Waals surface area contributed by atoms with E-state index in [1.165, 1.54) is 17.1 Å². The minimum absolute atomic E-state index is 0.144. The molecule has 0 aliphatic heterocycles. The van der Waals surface area contributed by atoms with Crippen molar-refractivity contribution in [2.75, 3.05) is 0 Å². The Balaban J connectivity index is 2.09. The molecule has 0 saturated carbocycles. The molecule has 3 rings (SSSR count). The average Bonchev–Trinajstić information content (AvgIpc) is 2.88. The second-order valence-corrected chi connectivity index (χ2v) is 4.19. The van der Waals surface area contributed by atoms with Crippen molar-refractivity contribution < 1.29 is 15.0 Å². The SMILES string of the molecule is O=C(O)c1cnn(-c2ccc3cc(O)ccc3c2)c1. The lowest BCUT2D eigenvalue weighted by molar-refractivity contribution is 0.0697. The maximum atomic E-state index is 10.8. The number of benzene rings is 2. The molecule has 0 radical (unpaired) electrons. The topological polar surface area (TPSA) is 75.3 Å². The van der Waals surface area contributed by atoms with Gasteiger partial charge in [-0.15, -0.1) is 0 Å². The molecule has 94 valence electrons. The molecule has 0 spiro atoms. The number of phenols is 1. The lowest BCUT2D eigenvalue weighted by Gasteiger charge is -2.04. The molecule has 2 N–H and O–H groups in total. The minimum Gasteiger partial charge on any atom is -0.508 e. The van der Waals surface area contributed by atoms with Crippen molar-refractivity contribution in [3.05, 3.63) is 54.4 Å². The predicted octanol–water partition coefficient (Wildman–Crippen LogP) is 2.43. The Morgan fingerprint density at radius 3 is 2.58 bits per heavy atom. The third kappa shape index (κ3) is 2.01. The molecule has 0 atom stereocenters. The zero-order valence-electron chi connectivity index (χ0n) is 9.82. The van der Waals surface area contributed by atoms with E-state index in [4.69, 9.17) is 5.11 Å². The largest absolute Gasteiger partial charge is 0.508 e. The quantitative estimate of drug-likeness (QED) is 0.736. The first-order valence-corrected chi connectivity index (χ1v) is 5.64. The molecule has 0 bridgehead atoms. The molecular weight excluding hydrogens is 244 g/mol. The number of carboxylic acids is 1. The van der Waals surface area contributed by atoms with Crippen LogP contribution >= 0.6 is 0 Å². The molecule has 19 heavy (non-hydrogen) atoms. The standard InChI is InChI=1S/C14H10N2O3/c17-13-4-2-9-5-12(3-1-10(9)6-13)16-8-11(7-15-16)14(18)19/h1-8,17H,(H,18,19). The average molecular weight is 254 g/mol. The number of hydrogen-bond acceptors (Lipinski definition) is 3. The van der Waals surface area contributed by atoms with Gasteiger partial charge in [-0.2, -0.15) is 5.10 Å². The van der Waals surface area contributed by atoms with E-state index in [0.717, 1.165) is 16.5 Å². The van der Waals surface area contributed by atoms with Gasteiger partial charge in [-0.25, -0.2) is 9.48 Å². The van der Waals surface area contributed by atoms with E-state index >= 15 is 0 Å². The number of rotatable bonds is 2. The van der Waals surface area contributed by atoms with Crippen LogP contribution < -0.4 is 0 Å². The normalized spacial score (nSPS) is 10.7. The molecule has 0 amide bonds. The molecule has 3 aromatic rings. The van der Waals surface area contributed by atoms with Crippen LogP contribution in [-0.4, -0.2) is 26.0 Å². The smallest absolute Gasteiger partial charge is 0.338 e. The van der Waals surface area contributed by atoms with Gasteiger partial charge in [-0.1, -0.05) is 12.1 Å². The second kappa shape index (κ2) is 4.13. The zero-order valence-corrected chi connectivity index (χ0v) is 9.82. The molecule has 5 heteroatoms. The Morgan fingerprint density at radius 2 is 1.84 bits per heavy atom. The van der Waals surface area contributed by atoms with E-state index in [1.807, 2.05) is 18.2 Å².